The van der Waals surface area contributed by atoms with Gasteiger partial charge in [0.1, 0.15) is 6.10 Å². The Hall–Kier alpha value is -0.380. The van der Waals surface area contributed by atoms with Gasteiger partial charge in [-0.2, -0.15) is 0 Å². The van der Waals surface area contributed by atoms with Crippen molar-refractivity contribution >= 4 is 11.3 Å². The molecular weight excluding hydrogens is 194 g/mol. The molecule has 2 heterocycles. The lowest BCUT2D eigenvalue weighted by Crippen LogP contribution is -2.45. The van der Waals surface area contributed by atoms with Crippen LogP contribution in [-0.2, 0) is 11.2 Å². The molecule has 1 N–H and O–H groups in total. The van der Waals surface area contributed by atoms with Gasteiger partial charge in [-0.3, -0.25) is 0 Å². The molecule has 0 aromatic carbocycles. The van der Waals surface area contributed by atoms with E-state index in [0.717, 1.165) is 13.0 Å². The molecule has 1 aromatic rings. The van der Waals surface area contributed by atoms with Gasteiger partial charge < -0.3 is 10.1 Å². The standard InChI is InChI=1S/C11H17NOS/c1-11(2,12-3)10-8-5-7-14-9(8)4-6-13-10/h5,7,10,12H,4,6H2,1-3H3. The average molecular weight is 211 g/mol. The largest absolute Gasteiger partial charge is 0.371 e. The minimum Gasteiger partial charge on any atom is -0.371 e. The van der Waals surface area contributed by atoms with Crippen LogP contribution in [0, 0.1) is 0 Å². The first kappa shape index (κ1) is 10.1. The van der Waals surface area contributed by atoms with E-state index in [9.17, 15) is 0 Å². The van der Waals surface area contributed by atoms with Crippen LogP contribution in [0.5, 0.6) is 0 Å². The fourth-order valence-corrected chi connectivity index (χ4v) is 2.77. The van der Waals surface area contributed by atoms with Crippen LogP contribution >= 0.6 is 11.3 Å². The summed E-state index contributed by atoms with van der Waals surface area (Å²) in [7, 11) is 1.99. The molecule has 0 bridgehead atoms. The van der Waals surface area contributed by atoms with E-state index >= 15 is 0 Å². The number of thiophene rings is 1. The van der Waals surface area contributed by atoms with Crippen LogP contribution in [0.4, 0.5) is 0 Å². The fraction of sp³-hybridized carbons (Fsp3) is 0.636. The summed E-state index contributed by atoms with van der Waals surface area (Å²) in [6, 6.07) is 2.20. The summed E-state index contributed by atoms with van der Waals surface area (Å²) in [5.41, 5.74) is 1.39. The zero-order valence-corrected chi connectivity index (χ0v) is 9.78. The predicted octanol–water partition coefficient (Wildman–Crippen LogP) is 2.36. The van der Waals surface area contributed by atoms with Crippen LogP contribution < -0.4 is 5.32 Å². The Morgan fingerprint density at radius 1 is 1.57 bits per heavy atom. The second-order valence-electron chi connectivity index (χ2n) is 4.27. The molecule has 0 aliphatic carbocycles. The number of hydrogen-bond acceptors (Lipinski definition) is 3. The van der Waals surface area contributed by atoms with E-state index in [1.54, 1.807) is 0 Å². The number of nitrogens with one attached hydrogen (secondary N) is 1. The molecule has 1 atom stereocenters. The predicted molar refractivity (Wildman–Crippen MR) is 59.9 cm³/mol. The van der Waals surface area contributed by atoms with Crippen LogP contribution in [0.25, 0.3) is 0 Å². The van der Waals surface area contributed by atoms with Gasteiger partial charge >= 0.3 is 0 Å². The fourth-order valence-electron chi connectivity index (χ4n) is 1.87. The third-order valence-electron chi connectivity index (χ3n) is 2.98. The maximum atomic E-state index is 5.86. The molecule has 1 aliphatic heterocycles. The summed E-state index contributed by atoms with van der Waals surface area (Å²) in [5, 5.41) is 5.49. The van der Waals surface area contributed by atoms with Gasteiger partial charge in [0.15, 0.2) is 0 Å². The Bertz CT molecular complexity index is 319. The number of ether oxygens (including phenoxy) is 1. The monoisotopic (exact) mass is 211 g/mol. The first-order valence-corrected chi connectivity index (χ1v) is 5.90. The Kier molecular flexibility index (Phi) is 2.64. The Balaban J connectivity index is 2.32. The van der Waals surface area contributed by atoms with Crippen molar-refractivity contribution in [1.82, 2.24) is 5.32 Å². The van der Waals surface area contributed by atoms with Gasteiger partial charge in [0, 0.05) is 16.8 Å². The van der Waals surface area contributed by atoms with E-state index < -0.39 is 0 Å². The zero-order chi connectivity index (χ0) is 10.2. The van der Waals surface area contributed by atoms with Crippen molar-refractivity contribution in [3.8, 4) is 0 Å². The van der Waals surface area contributed by atoms with E-state index in [2.05, 4.69) is 30.6 Å². The van der Waals surface area contributed by atoms with Crippen molar-refractivity contribution in [3.63, 3.8) is 0 Å². The van der Waals surface area contributed by atoms with Crippen molar-refractivity contribution in [2.75, 3.05) is 13.7 Å². The minimum absolute atomic E-state index is 0.0102. The minimum atomic E-state index is 0.0102. The molecule has 3 heteroatoms. The zero-order valence-electron chi connectivity index (χ0n) is 8.96. The molecule has 0 radical (unpaired) electrons. The Morgan fingerprint density at radius 2 is 2.36 bits per heavy atom. The van der Waals surface area contributed by atoms with Gasteiger partial charge in [-0.1, -0.05) is 0 Å². The van der Waals surface area contributed by atoms with Gasteiger partial charge in [0.2, 0.25) is 0 Å². The van der Waals surface area contributed by atoms with Gasteiger partial charge in [0.25, 0.3) is 0 Å². The normalized spacial score (nSPS) is 22.1. The third-order valence-corrected chi connectivity index (χ3v) is 3.97. The van der Waals surface area contributed by atoms with Gasteiger partial charge in [0.05, 0.1) is 6.61 Å². The average Bonchev–Trinajstić information content (AvgIpc) is 2.64. The summed E-state index contributed by atoms with van der Waals surface area (Å²) in [4.78, 5) is 1.49. The summed E-state index contributed by atoms with van der Waals surface area (Å²) >= 11 is 1.85. The number of likely N-dealkylation sites (N-methyl/N-ethyl adjacent to an activating group) is 1. The smallest absolute Gasteiger partial charge is 0.101 e. The lowest BCUT2D eigenvalue weighted by Gasteiger charge is -2.36. The van der Waals surface area contributed by atoms with E-state index in [4.69, 9.17) is 4.74 Å². The van der Waals surface area contributed by atoms with E-state index in [-0.39, 0.29) is 11.6 Å². The van der Waals surface area contributed by atoms with Crippen molar-refractivity contribution < 1.29 is 4.74 Å². The number of hydrogen-bond donors (Lipinski definition) is 1. The SMILES string of the molecule is CNC(C)(C)C1OCCc2sccc21. The third kappa shape index (κ3) is 1.60. The molecule has 14 heavy (non-hydrogen) atoms. The quantitative estimate of drug-likeness (QED) is 0.811. The second kappa shape index (κ2) is 3.65. The van der Waals surface area contributed by atoms with Crippen molar-refractivity contribution in [1.29, 1.82) is 0 Å². The number of rotatable bonds is 2. The van der Waals surface area contributed by atoms with E-state index in [1.807, 2.05) is 18.4 Å². The van der Waals surface area contributed by atoms with Crippen molar-refractivity contribution in [2.45, 2.75) is 31.9 Å². The molecule has 78 valence electrons. The van der Waals surface area contributed by atoms with Crippen molar-refractivity contribution in [3.05, 3.63) is 21.9 Å². The lowest BCUT2D eigenvalue weighted by molar-refractivity contribution is -0.0104. The molecule has 0 saturated carbocycles. The molecule has 1 aromatic heterocycles. The Morgan fingerprint density at radius 3 is 3.07 bits per heavy atom. The summed E-state index contributed by atoms with van der Waals surface area (Å²) < 4.78 is 5.86. The Labute approximate surface area is 89.3 Å². The summed E-state index contributed by atoms with van der Waals surface area (Å²) in [6.45, 7) is 5.22. The van der Waals surface area contributed by atoms with Crippen molar-refractivity contribution in [2.24, 2.45) is 0 Å². The first-order valence-electron chi connectivity index (χ1n) is 5.02. The van der Waals surface area contributed by atoms with E-state index in [0.29, 0.717) is 0 Å². The van der Waals surface area contributed by atoms with Gasteiger partial charge in [-0.25, -0.2) is 0 Å². The van der Waals surface area contributed by atoms with Crippen LogP contribution in [-0.4, -0.2) is 19.2 Å². The number of fused-ring (bicyclic) bond motifs is 1. The van der Waals surface area contributed by atoms with Crippen LogP contribution in [0.1, 0.15) is 30.4 Å². The van der Waals surface area contributed by atoms with Gasteiger partial charge in [-0.15, -0.1) is 11.3 Å². The first-order chi connectivity index (χ1) is 6.65. The molecular formula is C11H17NOS. The topological polar surface area (TPSA) is 21.3 Å². The molecule has 2 rings (SSSR count). The highest BCUT2D eigenvalue weighted by Gasteiger charge is 2.34. The molecule has 0 spiro atoms. The summed E-state index contributed by atoms with van der Waals surface area (Å²) in [6.07, 6.45) is 1.27. The van der Waals surface area contributed by atoms with Crippen LogP contribution in [0.15, 0.2) is 11.4 Å². The van der Waals surface area contributed by atoms with Gasteiger partial charge in [-0.05, 0) is 37.9 Å². The maximum absolute atomic E-state index is 5.86. The highest BCUT2D eigenvalue weighted by atomic mass is 32.1. The lowest BCUT2D eigenvalue weighted by atomic mass is 9.90. The van der Waals surface area contributed by atoms with E-state index in [1.165, 1.54) is 10.4 Å². The molecule has 0 amide bonds. The van der Waals surface area contributed by atoms with Crippen LogP contribution in [0.2, 0.25) is 0 Å². The molecule has 1 unspecified atom stereocenters. The molecule has 2 nitrogen and oxygen atoms in total. The summed E-state index contributed by atoms with van der Waals surface area (Å²) in [5.74, 6) is 0. The highest BCUT2D eigenvalue weighted by molar-refractivity contribution is 7.10. The second-order valence-corrected chi connectivity index (χ2v) is 5.27. The maximum Gasteiger partial charge on any atom is 0.101 e. The highest BCUT2D eigenvalue weighted by Crippen LogP contribution is 2.37. The molecule has 1 aliphatic rings. The van der Waals surface area contributed by atoms with Crippen LogP contribution in [0.3, 0.4) is 0 Å². The molecule has 0 fully saturated rings. The molecule has 0 saturated heterocycles.